The fraction of sp³-hybridized carbons (Fsp3) is 0.647. The zero-order chi connectivity index (χ0) is 15.6. The van der Waals surface area contributed by atoms with Crippen LogP contribution >= 0.6 is 0 Å². The zero-order valence-electron chi connectivity index (χ0n) is 13.4. The van der Waals surface area contributed by atoms with Gasteiger partial charge < -0.3 is 0 Å². The molecule has 1 aliphatic rings. The second-order valence-corrected chi connectivity index (χ2v) is 8.30. The second kappa shape index (κ2) is 6.49. The van der Waals surface area contributed by atoms with Gasteiger partial charge in [0.25, 0.3) is 10.1 Å². The Labute approximate surface area is 128 Å². The van der Waals surface area contributed by atoms with Crippen molar-refractivity contribution in [2.75, 3.05) is 0 Å². The third-order valence-electron chi connectivity index (χ3n) is 4.52. The van der Waals surface area contributed by atoms with Crippen LogP contribution in [0.25, 0.3) is 0 Å². The Balaban J connectivity index is 2.19. The van der Waals surface area contributed by atoms with Crippen molar-refractivity contribution in [1.29, 1.82) is 0 Å². The van der Waals surface area contributed by atoms with Crippen molar-refractivity contribution in [3.8, 4) is 0 Å². The summed E-state index contributed by atoms with van der Waals surface area (Å²) in [5.41, 5.74) is 1.04. The lowest BCUT2D eigenvalue weighted by Gasteiger charge is -2.36. The Bertz CT molecular complexity index is 560. The highest BCUT2D eigenvalue weighted by Crippen LogP contribution is 2.36. The Morgan fingerprint density at radius 3 is 2.33 bits per heavy atom. The Hall–Kier alpha value is -0.870. The molecule has 0 N–H and O–H groups in total. The van der Waals surface area contributed by atoms with Gasteiger partial charge in [0.1, 0.15) is 0 Å². The number of aryl methyl sites for hydroxylation is 1. The van der Waals surface area contributed by atoms with E-state index in [4.69, 9.17) is 4.18 Å². The van der Waals surface area contributed by atoms with E-state index in [1.165, 1.54) is 0 Å². The summed E-state index contributed by atoms with van der Waals surface area (Å²) in [5, 5.41) is 0. The first-order valence-corrected chi connectivity index (χ1v) is 9.20. The normalized spacial score (nSPS) is 27.0. The first kappa shape index (κ1) is 16.5. The summed E-state index contributed by atoms with van der Waals surface area (Å²) < 4.78 is 30.5. The molecule has 0 saturated heterocycles. The van der Waals surface area contributed by atoms with Crippen LogP contribution in [0.5, 0.6) is 0 Å². The van der Waals surface area contributed by atoms with Crippen LogP contribution in [0.4, 0.5) is 0 Å². The maximum atomic E-state index is 12.5. The topological polar surface area (TPSA) is 43.4 Å². The van der Waals surface area contributed by atoms with Gasteiger partial charge in [-0.25, -0.2) is 0 Å². The van der Waals surface area contributed by atoms with Gasteiger partial charge in [-0.15, -0.1) is 0 Å². The molecule has 0 heterocycles. The standard InChI is InChI=1S/C17H26O3S/c1-12(2)16-10-7-14(4)11-17(16)20-21(18,19)15-8-5-13(3)6-9-15/h5-6,8-9,12,14,16-17H,7,10-11H2,1-4H3/t14-,16+,17+/m0/s1. The van der Waals surface area contributed by atoms with E-state index in [9.17, 15) is 8.42 Å². The molecule has 3 atom stereocenters. The molecule has 1 aromatic rings. The molecule has 1 aromatic carbocycles. The van der Waals surface area contributed by atoms with Crippen molar-refractivity contribution in [1.82, 2.24) is 0 Å². The van der Waals surface area contributed by atoms with Gasteiger partial charge in [0, 0.05) is 0 Å². The van der Waals surface area contributed by atoms with E-state index in [1.807, 2.05) is 6.92 Å². The van der Waals surface area contributed by atoms with E-state index < -0.39 is 10.1 Å². The molecule has 0 unspecified atom stereocenters. The summed E-state index contributed by atoms with van der Waals surface area (Å²) in [4.78, 5) is 0.258. The highest BCUT2D eigenvalue weighted by atomic mass is 32.2. The van der Waals surface area contributed by atoms with Gasteiger partial charge in [-0.05, 0) is 49.7 Å². The van der Waals surface area contributed by atoms with Crippen LogP contribution < -0.4 is 0 Å². The summed E-state index contributed by atoms with van der Waals surface area (Å²) in [7, 11) is -3.67. The maximum absolute atomic E-state index is 12.5. The monoisotopic (exact) mass is 310 g/mol. The third-order valence-corrected chi connectivity index (χ3v) is 5.87. The summed E-state index contributed by atoms with van der Waals surface area (Å²) in [5.74, 6) is 1.29. The molecule has 4 heteroatoms. The molecule has 0 spiro atoms. The van der Waals surface area contributed by atoms with Gasteiger partial charge in [-0.2, -0.15) is 8.42 Å². The minimum Gasteiger partial charge on any atom is -0.263 e. The number of rotatable bonds is 4. The molecule has 0 amide bonds. The predicted octanol–water partition coefficient (Wildman–Crippen LogP) is 4.16. The van der Waals surface area contributed by atoms with Crippen LogP contribution in [0.15, 0.2) is 29.2 Å². The summed E-state index contributed by atoms with van der Waals surface area (Å²) in [6, 6.07) is 6.86. The molecule has 3 nitrogen and oxygen atoms in total. The first-order valence-electron chi connectivity index (χ1n) is 7.79. The van der Waals surface area contributed by atoms with E-state index in [0.717, 1.165) is 24.8 Å². The number of hydrogen-bond donors (Lipinski definition) is 0. The van der Waals surface area contributed by atoms with Crippen LogP contribution in [-0.4, -0.2) is 14.5 Å². The summed E-state index contributed by atoms with van der Waals surface area (Å²) >= 11 is 0. The highest BCUT2D eigenvalue weighted by Gasteiger charge is 2.35. The smallest absolute Gasteiger partial charge is 0.263 e. The van der Waals surface area contributed by atoms with Crippen LogP contribution in [0.3, 0.4) is 0 Å². The average molecular weight is 310 g/mol. The quantitative estimate of drug-likeness (QED) is 0.784. The fourth-order valence-electron chi connectivity index (χ4n) is 3.15. The van der Waals surface area contributed by atoms with Crippen LogP contribution in [0.2, 0.25) is 0 Å². The van der Waals surface area contributed by atoms with Gasteiger partial charge >= 0.3 is 0 Å². The maximum Gasteiger partial charge on any atom is 0.297 e. The van der Waals surface area contributed by atoms with Gasteiger partial charge in [0.05, 0.1) is 11.0 Å². The average Bonchev–Trinajstić information content (AvgIpc) is 2.38. The third kappa shape index (κ3) is 4.07. The summed E-state index contributed by atoms with van der Waals surface area (Å²) in [6.45, 7) is 8.41. The van der Waals surface area contributed by atoms with Crippen LogP contribution in [0.1, 0.15) is 45.6 Å². The molecule has 0 aliphatic heterocycles. The SMILES string of the molecule is Cc1ccc(S(=O)(=O)O[C@@H]2C[C@@H](C)CC[C@@H]2C(C)C)cc1. The molecule has 1 saturated carbocycles. The lowest BCUT2D eigenvalue weighted by molar-refractivity contribution is 0.0511. The van der Waals surface area contributed by atoms with Crippen molar-refractivity contribution in [2.45, 2.75) is 58.0 Å². The molecule has 2 rings (SSSR count). The van der Waals surface area contributed by atoms with E-state index in [0.29, 0.717) is 17.8 Å². The fourth-order valence-corrected chi connectivity index (χ4v) is 4.28. The largest absolute Gasteiger partial charge is 0.297 e. The molecule has 118 valence electrons. The van der Waals surface area contributed by atoms with Gasteiger partial charge in [0.15, 0.2) is 0 Å². The Morgan fingerprint density at radius 1 is 1.14 bits per heavy atom. The van der Waals surface area contributed by atoms with Crippen molar-refractivity contribution >= 4 is 10.1 Å². The molecule has 1 fully saturated rings. The Morgan fingerprint density at radius 2 is 1.76 bits per heavy atom. The second-order valence-electron chi connectivity index (χ2n) is 6.73. The zero-order valence-corrected chi connectivity index (χ0v) is 14.2. The van der Waals surface area contributed by atoms with E-state index >= 15 is 0 Å². The van der Waals surface area contributed by atoms with Crippen molar-refractivity contribution in [3.05, 3.63) is 29.8 Å². The first-order chi connectivity index (χ1) is 9.79. The number of benzene rings is 1. The van der Waals surface area contributed by atoms with Gasteiger partial charge in [-0.3, -0.25) is 4.18 Å². The van der Waals surface area contributed by atoms with E-state index in [-0.39, 0.29) is 11.0 Å². The molecule has 0 bridgehead atoms. The molecular formula is C17H26O3S. The molecule has 0 aromatic heterocycles. The lowest BCUT2D eigenvalue weighted by Crippen LogP contribution is -2.35. The molecular weight excluding hydrogens is 284 g/mol. The minimum atomic E-state index is -3.67. The molecule has 0 radical (unpaired) electrons. The highest BCUT2D eigenvalue weighted by molar-refractivity contribution is 7.86. The molecule has 1 aliphatic carbocycles. The number of hydrogen-bond acceptors (Lipinski definition) is 3. The van der Waals surface area contributed by atoms with E-state index in [1.54, 1.807) is 24.3 Å². The lowest BCUT2D eigenvalue weighted by atomic mass is 9.75. The van der Waals surface area contributed by atoms with Crippen molar-refractivity contribution < 1.29 is 12.6 Å². The van der Waals surface area contributed by atoms with E-state index in [2.05, 4.69) is 20.8 Å². The van der Waals surface area contributed by atoms with Gasteiger partial charge in [0.2, 0.25) is 0 Å². The summed E-state index contributed by atoms with van der Waals surface area (Å²) in [6.07, 6.45) is 2.84. The Kier molecular flexibility index (Phi) is 5.10. The van der Waals surface area contributed by atoms with Gasteiger partial charge in [-0.1, -0.05) is 44.9 Å². The van der Waals surface area contributed by atoms with Crippen LogP contribution in [0, 0.1) is 24.7 Å². The predicted molar refractivity (Wildman–Crippen MR) is 84.6 cm³/mol. The van der Waals surface area contributed by atoms with Crippen LogP contribution in [-0.2, 0) is 14.3 Å². The van der Waals surface area contributed by atoms with Crippen molar-refractivity contribution in [3.63, 3.8) is 0 Å². The van der Waals surface area contributed by atoms with Crippen molar-refractivity contribution in [2.24, 2.45) is 17.8 Å². The minimum absolute atomic E-state index is 0.194. The molecule has 21 heavy (non-hydrogen) atoms.